The maximum absolute atomic E-state index is 12.0. The van der Waals surface area contributed by atoms with Gasteiger partial charge < -0.3 is 15.5 Å². The van der Waals surface area contributed by atoms with Gasteiger partial charge in [0.1, 0.15) is 6.04 Å². The van der Waals surface area contributed by atoms with Gasteiger partial charge in [-0.2, -0.15) is 0 Å². The van der Waals surface area contributed by atoms with Crippen molar-refractivity contribution in [2.75, 3.05) is 6.61 Å². The average molecular weight is 273 g/mol. The molecule has 0 saturated carbocycles. The molecule has 0 bridgehead atoms. The number of nitrogens with one attached hydrogen (secondary N) is 1. The zero-order chi connectivity index (χ0) is 14.5. The van der Waals surface area contributed by atoms with Crippen molar-refractivity contribution in [2.24, 2.45) is 0 Å². The lowest BCUT2D eigenvalue weighted by Crippen LogP contribution is -2.41. The van der Waals surface area contributed by atoms with Crippen molar-refractivity contribution in [1.29, 1.82) is 0 Å². The Kier molecular flexibility index (Phi) is 4.32. The minimum Gasteiger partial charge on any atom is -0.480 e. The normalized spacial score (nSPS) is 12.1. The van der Waals surface area contributed by atoms with Crippen LogP contribution in [0.2, 0.25) is 0 Å². The molecule has 5 nitrogen and oxygen atoms in total. The van der Waals surface area contributed by atoms with E-state index in [0.29, 0.717) is 5.56 Å². The fourth-order valence-corrected chi connectivity index (χ4v) is 1.96. The Hall–Kier alpha value is -2.40. The van der Waals surface area contributed by atoms with Gasteiger partial charge in [-0.15, -0.1) is 0 Å². The van der Waals surface area contributed by atoms with Crippen LogP contribution >= 0.6 is 0 Å². The molecule has 0 aliphatic carbocycles. The molecule has 0 saturated heterocycles. The molecule has 2 aromatic rings. The minimum absolute atomic E-state index is 0.0192. The van der Waals surface area contributed by atoms with Crippen LogP contribution in [0.4, 0.5) is 0 Å². The summed E-state index contributed by atoms with van der Waals surface area (Å²) < 4.78 is 0. The Morgan fingerprint density at radius 1 is 1.10 bits per heavy atom. The monoisotopic (exact) mass is 273 g/mol. The van der Waals surface area contributed by atoms with E-state index in [1.165, 1.54) is 0 Å². The average Bonchev–Trinajstić information content (AvgIpc) is 2.46. The van der Waals surface area contributed by atoms with Crippen LogP contribution in [-0.4, -0.2) is 34.7 Å². The molecule has 0 aromatic heterocycles. The van der Waals surface area contributed by atoms with Crippen molar-refractivity contribution in [3.05, 3.63) is 48.0 Å². The Morgan fingerprint density at radius 3 is 2.45 bits per heavy atom. The van der Waals surface area contributed by atoms with Crippen LogP contribution in [0.15, 0.2) is 42.5 Å². The molecule has 0 fully saturated rings. The van der Waals surface area contributed by atoms with Gasteiger partial charge in [-0.3, -0.25) is 4.79 Å². The number of hydrogen-bond acceptors (Lipinski definition) is 3. The van der Waals surface area contributed by atoms with Crippen LogP contribution in [0, 0.1) is 0 Å². The molecule has 20 heavy (non-hydrogen) atoms. The maximum Gasteiger partial charge on any atom is 0.326 e. The van der Waals surface area contributed by atoms with Gasteiger partial charge in [0.2, 0.25) is 0 Å². The van der Waals surface area contributed by atoms with Gasteiger partial charge in [-0.25, -0.2) is 4.79 Å². The van der Waals surface area contributed by atoms with Crippen LogP contribution in [0.3, 0.4) is 0 Å². The number of carboxylic acid groups (broad SMARTS) is 1. The van der Waals surface area contributed by atoms with Crippen LogP contribution in [0.1, 0.15) is 16.8 Å². The van der Waals surface area contributed by atoms with Crippen LogP contribution in [0.25, 0.3) is 10.8 Å². The summed E-state index contributed by atoms with van der Waals surface area (Å²) >= 11 is 0. The summed E-state index contributed by atoms with van der Waals surface area (Å²) in [6, 6.07) is 11.7. The number of hydrogen-bond donors (Lipinski definition) is 3. The highest BCUT2D eigenvalue weighted by Gasteiger charge is 2.19. The molecule has 2 rings (SSSR count). The summed E-state index contributed by atoms with van der Waals surface area (Å²) in [4.78, 5) is 23.0. The lowest BCUT2D eigenvalue weighted by atomic mass is 10.1. The molecule has 0 aliphatic rings. The highest BCUT2D eigenvalue weighted by Crippen LogP contribution is 2.15. The number of rotatable bonds is 5. The molecular formula is C15H15NO4. The fraction of sp³-hybridized carbons (Fsp3) is 0.200. The fourth-order valence-electron chi connectivity index (χ4n) is 1.96. The summed E-state index contributed by atoms with van der Waals surface area (Å²) in [5.74, 6) is -1.62. The van der Waals surface area contributed by atoms with E-state index in [0.717, 1.165) is 10.8 Å². The van der Waals surface area contributed by atoms with Crippen LogP contribution < -0.4 is 5.32 Å². The molecule has 0 heterocycles. The summed E-state index contributed by atoms with van der Waals surface area (Å²) in [6.07, 6.45) is -0.0192. The van der Waals surface area contributed by atoms with Crippen molar-refractivity contribution in [3.63, 3.8) is 0 Å². The third kappa shape index (κ3) is 3.13. The number of amides is 1. The van der Waals surface area contributed by atoms with Crippen molar-refractivity contribution >= 4 is 22.6 Å². The van der Waals surface area contributed by atoms with Gasteiger partial charge in [0, 0.05) is 18.6 Å². The van der Waals surface area contributed by atoms with Gasteiger partial charge in [-0.1, -0.05) is 30.3 Å². The van der Waals surface area contributed by atoms with Crippen molar-refractivity contribution < 1.29 is 19.8 Å². The molecule has 1 amide bonds. The number of aliphatic carboxylic acids is 1. The third-order valence-electron chi connectivity index (χ3n) is 3.03. The molecule has 3 N–H and O–H groups in total. The standard InChI is InChI=1S/C15H15NO4/c17-8-7-13(15(19)20)16-14(18)12-6-5-10-3-1-2-4-11(10)9-12/h1-6,9,13,17H,7-8H2,(H,16,18)(H,19,20). The van der Waals surface area contributed by atoms with E-state index in [-0.39, 0.29) is 13.0 Å². The second-order valence-corrected chi connectivity index (χ2v) is 4.44. The number of carbonyl (C=O) groups is 2. The summed E-state index contributed by atoms with van der Waals surface area (Å²) in [5, 5.41) is 22.1. The first kappa shape index (κ1) is 14.0. The third-order valence-corrected chi connectivity index (χ3v) is 3.03. The van der Waals surface area contributed by atoms with Gasteiger partial charge in [0.15, 0.2) is 0 Å². The van der Waals surface area contributed by atoms with Gasteiger partial charge in [0.25, 0.3) is 5.91 Å². The summed E-state index contributed by atoms with van der Waals surface area (Å²) in [7, 11) is 0. The molecule has 0 aliphatic heterocycles. The maximum atomic E-state index is 12.0. The number of aliphatic hydroxyl groups excluding tert-OH is 1. The number of carboxylic acids is 1. The largest absolute Gasteiger partial charge is 0.480 e. The minimum atomic E-state index is -1.16. The molecule has 104 valence electrons. The highest BCUT2D eigenvalue weighted by molar-refractivity contribution is 6.00. The van der Waals surface area contributed by atoms with E-state index in [4.69, 9.17) is 10.2 Å². The lowest BCUT2D eigenvalue weighted by Gasteiger charge is -2.13. The van der Waals surface area contributed by atoms with Crippen LogP contribution in [-0.2, 0) is 4.79 Å². The molecule has 2 aromatic carbocycles. The number of fused-ring (bicyclic) bond motifs is 1. The lowest BCUT2D eigenvalue weighted by molar-refractivity contribution is -0.139. The van der Waals surface area contributed by atoms with Crippen molar-refractivity contribution in [2.45, 2.75) is 12.5 Å². The van der Waals surface area contributed by atoms with Crippen LogP contribution in [0.5, 0.6) is 0 Å². The molecular weight excluding hydrogens is 258 g/mol. The first-order valence-corrected chi connectivity index (χ1v) is 6.25. The van der Waals surface area contributed by atoms with E-state index in [9.17, 15) is 9.59 Å². The number of aliphatic hydroxyl groups is 1. The number of benzene rings is 2. The molecule has 1 atom stereocenters. The van der Waals surface area contributed by atoms with Crippen molar-refractivity contribution in [3.8, 4) is 0 Å². The quantitative estimate of drug-likeness (QED) is 0.768. The van der Waals surface area contributed by atoms with E-state index < -0.39 is 17.9 Å². The first-order valence-electron chi connectivity index (χ1n) is 6.25. The molecule has 0 radical (unpaired) electrons. The van der Waals surface area contributed by atoms with E-state index in [1.54, 1.807) is 12.1 Å². The zero-order valence-corrected chi connectivity index (χ0v) is 10.7. The Balaban J connectivity index is 2.20. The summed E-state index contributed by atoms with van der Waals surface area (Å²) in [5.41, 5.74) is 0.396. The van der Waals surface area contributed by atoms with Gasteiger partial charge in [0.05, 0.1) is 0 Å². The second-order valence-electron chi connectivity index (χ2n) is 4.44. The van der Waals surface area contributed by atoms with Gasteiger partial charge in [-0.05, 0) is 22.9 Å². The Morgan fingerprint density at radius 2 is 1.80 bits per heavy atom. The van der Waals surface area contributed by atoms with Gasteiger partial charge >= 0.3 is 5.97 Å². The van der Waals surface area contributed by atoms with E-state index in [1.807, 2.05) is 30.3 Å². The van der Waals surface area contributed by atoms with Crippen molar-refractivity contribution in [1.82, 2.24) is 5.32 Å². The van der Waals surface area contributed by atoms with E-state index in [2.05, 4.69) is 5.32 Å². The highest BCUT2D eigenvalue weighted by atomic mass is 16.4. The smallest absolute Gasteiger partial charge is 0.326 e. The zero-order valence-electron chi connectivity index (χ0n) is 10.7. The number of carbonyl (C=O) groups excluding carboxylic acids is 1. The SMILES string of the molecule is O=C(NC(CCO)C(=O)O)c1ccc2ccccc2c1. The second kappa shape index (κ2) is 6.16. The Bertz CT molecular complexity index is 639. The topological polar surface area (TPSA) is 86.6 Å². The first-order chi connectivity index (χ1) is 9.61. The predicted molar refractivity (Wildman–Crippen MR) is 74.5 cm³/mol. The van der Waals surface area contributed by atoms with E-state index >= 15 is 0 Å². The summed E-state index contributed by atoms with van der Waals surface area (Å²) in [6.45, 7) is -0.297. The molecule has 5 heteroatoms. The molecule has 0 spiro atoms. The molecule has 1 unspecified atom stereocenters. The Labute approximate surface area is 115 Å². The predicted octanol–water partition coefficient (Wildman–Crippen LogP) is 1.41.